The van der Waals surface area contributed by atoms with Crippen LogP contribution in [-0.4, -0.2) is 29.3 Å². The van der Waals surface area contributed by atoms with E-state index >= 15 is 0 Å². The third kappa shape index (κ3) is 2.70. The number of rotatable bonds is 4. The third-order valence-electron chi connectivity index (χ3n) is 1.18. The van der Waals surface area contributed by atoms with Gasteiger partial charge in [0.05, 0.1) is 18.6 Å². The summed E-state index contributed by atoms with van der Waals surface area (Å²) in [5.74, 6) is -0.426. The van der Waals surface area contributed by atoms with Gasteiger partial charge in [-0.1, -0.05) is 0 Å². The SMILES string of the molecule is C[C@@H](O)[C@H](N)C(=O)CC=O. The highest BCUT2D eigenvalue weighted by Crippen LogP contribution is 1.92. The highest BCUT2D eigenvalue weighted by atomic mass is 16.3. The molecule has 0 fully saturated rings. The van der Waals surface area contributed by atoms with Gasteiger partial charge in [-0.05, 0) is 6.92 Å². The van der Waals surface area contributed by atoms with Crippen molar-refractivity contribution in [1.29, 1.82) is 0 Å². The number of aldehydes is 1. The lowest BCUT2D eigenvalue weighted by Crippen LogP contribution is -2.40. The summed E-state index contributed by atoms with van der Waals surface area (Å²) in [7, 11) is 0. The quantitative estimate of drug-likeness (QED) is 0.387. The van der Waals surface area contributed by atoms with Crippen molar-refractivity contribution in [1.82, 2.24) is 0 Å². The molecule has 0 saturated carbocycles. The van der Waals surface area contributed by atoms with E-state index in [2.05, 4.69) is 0 Å². The van der Waals surface area contributed by atoms with Gasteiger partial charge in [0, 0.05) is 0 Å². The van der Waals surface area contributed by atoms with Crippen LogP contribution in [0.25, 0.3) is 0 Å². The molecule has 0 bridgehead atoms. The minimum absolute atomic E-state index is 0.216. The maximum absolute atomic E-state index is 10.7. The zero-order chi connectivity index (χ0) is 8.15. The average Bonchev–Trinajstić information content (AvgIpc) is 1.87. The molecular weight excluding hydrogens is 134 g/mol. The standard InChI is InChI=1S/C6H11NO3/c1-4(9)6(7)5(10)2-3-8/h3-4,6,9H,2,7H2,1H3/t4-,6+/m1/s1. The summed E-state index contributed by atoms with van der Waals surface area (Å²) in [5, 5.41) is 8.76. The van der Waals surface area contributed by atoms with E-state index in [9.17, 15) is 9.59 Å². The third-order valence-corrected chi connectivity index (χ3v) is 1.18. The summed E-state index contributed by atoms with van der Waals surface area (Å²) in [5.41, 5.74) is 5.19. The lowest BCUT2D eigenvalue weighted by molar-refractivity contribution is -0.124. The predicted molar refractivity (Wildman–Crippen MR) is 35.3 cm³/mol. The van der Waals surface area contributed by atoms with E-state index in [0.29, 0.717) is 6.29 Å². The van der Waals surface area contributed by atoms with Gasteiger partial charge in [0.25, 0.3) is 0 Å². The number of ketones is 1. The van der Waals surface area contributed by atoms with Crippen molar-refractivity contribution in [2.45, 2.75) is 25.5 Å². The number of aliphatic hydroxyl groups is 1. The summed E-state index contributed by atoms with van der Waals surface area (Å²) >= 11 is 0. The molecule has 0 radical (unpaired) electrons. The van der Waals surface area contributed by atoms with Crippen LogP contribution in [0.2, 0.25) is 0 Å². The van der Waals surface area contributed by atoms with Gasteiger partial charge >= 0.3 is 0 Å². The van der Waals surface area contributed by atoms with E-state index in [0.717, 1.165) is 0 Å². The topological polar surface area (TPSA) is 80.4 Å². The van der Waals surface area contributed by atoms with Gasteiger partial charge in [0.15, 0.2) is 5.78 Å². The number of carbonyl (C=O) groups excluding carboxylic acids is 2. The fraction of sp³-hybridized carbons (Fsp3) is 0.667. The van der Waals surface area contributed by atoms with E-state index in [-0.39, 0.29) is 6.42 Å². The van der Waals surface area contributed by atoms with Crippen LogP contribution in [0.4, 0.5) is 0 Å². The van der Waals surface area contributed by atoms with Crippen LogP contribution in [-0.2, 0) is 9.59 Å². The van der Waals surface area contributed by atoms with Crippen LogP contribution < -0.4 is 5.73 Å². The number of Topliss-reactive ketones (excluding diaryl/α,β-unsaturated/α-hetero) is 1. The van der Waals surface area contributed by atoms with E-state index in [1.807, 2.05) is 0 Å². The Hall–Kier alpha value is -0.740. The van der Waals surface area contributed by atoms with Crippen LogP contribution >= 0.6 is 0 Å². The summed E-state index contributed by atoms with van der Waals surface area (Å²) in [6.07, 6.45) is -0.621. The maximum atomic E-state index is 10.7. The summed E-state index contributed by atoms with van der Waals surface area (Å²) < 4.78 is 0. The first-order valence-electron chi connectivity index (χ1n) is 2.99. The molecule has 0 unspecified atom stereocenters. The molecule has 0 aromatic carbocycles. The van der Waals surface area contributed by atoms with Gasteiger partial charge in [-0.25, -0.2) is 0 Å². The van der Waals surface area contributed by atoms with Gasteiger partial charge in [-0.3, -0.25) is 4.79 Å². The Morgan fingerprint density at radius 1 is 1.80 bits per heavy atom. The molecule has 2 atom stereocenters. The van der Waals surface area contributed by atoms with Crippen LogP contribution in [0.3, 0.4) is 0 Å². The second kappa shape index (κ2) is 4.14. The molecule has 0 aliphatic rings. The number of carbonyl (C=O) groups is 2. The molecule has 0 aliphatic heterocycles. The van der Waals surface area contributed by atoms with Crippen molar-refractivity contribution in [3.05, 3.63) is 0 Å². The zero-order valence-corrected chi connectivity index (χ0v) is 5.78. The van der Waals surface area contributed by atoms with Crippen molar-refractivity contribution in [3.63, 3.8) is 0 Å². The largest absolute Gasteiger partial charge is 0.391 e. The summed E-state index contributed by atoms with van der Waals surface area (Å²) in [6, 6.07) is -0.926. The first kappa shape index (κ1) is 9.26. The minimum atomic E-state index is -0.926. The van der Waals surface area contributed by atoms with Crippen LogP contribution in [0.5, 0.6) is 0 Å². The maximum Gasteiger partial charge on any atom is 0.159 e. The highest BCUT2D eigenvalue weighted by Gasteiger charge is 2.17. The van der Waals surface area contributed by atoms with Crippen molar-refractivity contribution < 1.29 is 14.7 Å². The Bertz CT molecular complexity index is 133. The Balaban J connectivity index is 3.81. The van der Waals surface area contributed by atoms with Gasteiger partial charge in [0.1, 0.15) is 6.29 Å². The fourth-order valence-corrected chi connectivity index (χ4v) is 0.487. The van der Waals surface area contributed by atoms with E-state index in [1.54, 1.807) is 0 Å². The van der Waals surface area contributed by atoms with E-state index in [1.165, 1.54) is 6.92 Å². The van der Waals surface area contributed by atoms with E-state index < -0.39 is 17.9 Å². The summed E-state index contributed by atoms with van der Waals surface area (Å²) in [4.78, 5) is 20.5. The molecule has 0 amide bonds. The lowest BCUT2D eigenvalue weighted by Gasteiger charge is -2.10. The molecule has 4 heteroatoms. The van der Waals surface area contributed by atoms with Crippen LogP contribution in [0.15, 0.2) is 0 Å². The molecule has 10 heavy (non-hydrogen) atoms. The van der Waals surface area contributed by atoms with Crippen molar-refractivity contribution in [2.75, 3.05) is 0 Å². The molecule has 0 heterocycles. The van der Waals surface area contributed by atoms with Crippen LogP contribution in [0, 0.1) is 0 Å². The molecule has 0 rings (SSSR count). The normalized spacial score (nSPS) is 15.9. The smallest absolute Gasteiger partial charge is 0.159 e. The monoisotopic (exact) mass is 145 g/mol. The van der Waals surface area contributed by atoms with Crippen LogP contribution in [0.1, 0.15) is 13.3 Å². The summed E-state index contributed by atoms with van der Waals surface area (Å²) in [6.45, 7) is 1.41. The van der Waals surface area contributed by atoms with Crippen molar-refractivity contribution in [3.8, 4) is 0 Å². The lowest BCUT2D eigenvalue weighted by atomic mass is 10.1. The second-order valence-electron chi connectivity index (χ2n) is 2.10. The minimum Gasteiger partial charge on any atom is -0.391 e. The molecule has 58 valence electrons. The Labute approximate surface area is 59.0 Å². The van der Waals surface area contributed by atoms with Gasteiger partial charge in [-0.2, -0.15) is 0 Å². The van der Waals surface area contributed by atoms with E-state index in [4.69, 9.17) is 10.8 Å². The molecule has 0 aromatic heterocycles. The predicted octanol–water partition coefficient (Wildman–Crippen LogP) is -1.15. The van der Waals surface area contributed by atoms with Crippen molar-refractivity contribution >= 4 is 12.1 Å². The highest BCUT2D eigenvalue weighted by molar-refractivity contribution is 5.93. The van der Waals surface area contributed by atoms with Gasteiger partial charge in [-0.15, -0.1) is 0 Å². The molecule has 4 nitrogen and oxygen atoms in total. The average molecular weight is 145 g/mol. The number of aliphatic hydroxyl groups excluding tert-OH is 1. The van der Waals surface area contributed by atoms with Crippen molar-refractivity contribution in [2.24, 2.45) is 5.73 Å². The number of nitrogens with two attached hydrogens (primary N) is 1. The van der Waals surface area contributed by atoms with Gasteiger partial charge in [0.2, 0.25) is 0 Å². The Morgan fingerprint density at radius 2 is 2.30 bits per heavy atom. The molecule has 0 aromatic rings. The zero-order valence-electron chi connectivity index (χ0n) is 5.78. The first-order chi connectivity index (χ1) is 4.59. The number of hydrogen-bond acceptors (Lipinski definition) is 4. The second-order valence-corrected chi connectivity index (χ2v) is 2.10. The molecule has 0 aliphatic carbocycles. The fourth-order valence-electron chi connectivity index (χ4n) is 0.487. The molecular formula is C6H11NO3. The first-order valence-corrected chi connectivity index (χ1v) is 2.99. The molecule has 0 spiro atoms. The Kier molecular flexibility index (Phi) is 3.83. The Morgan fingerprint density at radius 3 is 2.60 bits per heavy atom. The number of hydrogen-bond donors (Lipinski definition) is 2. The molecule has 3 N–H and O–H groups in total. The van der Waals surface area contributed by atoms with Gasteiger partial charge < -0.3 is 15.6 Å². The molecule has 0 saturated heterocycles.